The first-order valence-corrected chi connectivity index (χ1v) is 8.36. The smallest absolute Gasteiger partial charge is 0.191 e. The lowest BCUT2D eigenvalue weighted by Crippen LogP contribution is -2.37. The van der Waals surface area contributed by atoms with Gasteiger partial charge in [-0.1, -0.05) is 54.1 Å². The molecular formula is C20H28IN3O. The highest BCUT2D eigenvalue weighted by Crippen LogP contribution is 2.09. The molecule has 2 N–H and O–H groups in total. The van der Waals surface area contributed by atoms with E-state index < -0.39 is 0 Å². The first-order valence-electron chi connectivity index (χ1n) is 8.36. The number of nitrogens with zero attached hydrogens (tertiary/aromatic N) is 1. The fraction of sp³-hybridized carbons (Fsp3) is 0.350. The summed E-state index contributed by atoms with van der Waals surface area (Å²) in [6.45, 7) is 7.00. The number of halogens is 1. The topological polar surface area (TPSA) is 45.7 Å². The number of ether oxygens (including phenoxy) is 1. The van der Waals surface area contributed by atoms with E-state index in [0.29, 0.717) is 13.2 Å². The number of methoxy groups -OCH3 is 1. The van der Waals surface area contributed by atoms with Gasteiger partial charge in [0.25, 0.3) is 0 Å². The van der Waals surface area contributed by atoms with Gasteiger partial charge in [-0.2, -0.15) is 0 Å². The molecule has 4 nitrogen and oxygen atoms in total. The van der Waals surface area contributed by atoms with Crippen molar-refractivity contribution in [1.29, 1.82) is 0 Å². The lowest BCUT2D eigenvalue weighted by molar-refractivity contribution is 0.184. The summed E-state index contributed by atoms with van der Waals surface area (Å²) >= 11 is 0. The molecule has 0 heterocycles. The Morgan fingerprint density at radius 1 is 1.00 bits per heavy atom. The van der Waals surface area contributed by atoms with Crippen molar-refractivity contribution in [3.05, 3.63) is 70.8 Å². The highest BCUT2D eigenvalue weighted by molar-refractivity contribution is 14.0. The Morgan fingerprint density at radius 2 is 1.68 bits per heavy atom. The molecule has 0 aromatic heterocycles. The molecule has 0 bridgehead atoms. The predicted molar refractivity (Wildman–Crippen MR) is 115 cm³/mol. The SMILES string of the molecule is CCNC(=NCc1ccc(C)cc1)NCc1ccccc1COC.I. The molecule has 2 rings (SSSR count). The van der Waals surface area contributed by atoms with Gasteiger partial charge in [-0.15, -0.1) is 24.0 Å². The predicted octanol–water partition coefficient (Wildman–Crippen LogP) is 4.01. The third-order valence-corrected chi connectivity index (χ3v) is 3.75. The molecular weight excluding hydrogens is 425 g/mol. The molecule has 2 aromatic rings. The van der Waals surface area contributed by atoms with Gasteiger partial charge in [0.15, 0.2) is 5.96 Å². The summed E-state index contributed by atoms with van der Waals surface area (Å²) in [5.74, 6) is 0.824. The van der Waals surface area contributed by atoms with Crippen molar-refractivity contribution in [2.24, 2.45) is 4.99 Å². The standard InChI is InChI=1S/C20H27N3O.HI/c1-4-21-20(22-13-17-11-9-16(2)10-12-17)23-14-18-7-5-6-8-19(18)15-24-3;/h5-12H,4,13-15H2,1-3H3,(H2,21,22,23);1H. The number of nitrogens with one attached hydrogen (secondary N) is 2. The number of guanidine groups is 1. The molecule has 0 saturated carbocycles. The van der Waals surface area contributed by atoms with Crippen molar-refractivity contribution in [3.63, 3.8) is 0 Å². The zero-order chi connectivity index (χ0) is 17.2. The molecule has 0 aliphatic heterocycles. The van der Waals surface area contributed by atoms with E-state index in [4.69, 9.17) is 4.74 Å². The highest BCUT2D eigenvalue weighted by Gasteiger charge is 2.03. The second-order valence-electron chi connectivity index (χ2n) is 5.74. The van der Waals surface area contributed by atoms with Gasteiger partial charge in [0.1, 0.15) is 0 Å². The Labute approximate surface area is 168 Å². The van der Waals surface area contributed by atoms with Gasteiger partial charge >= 0.3 is 0 Å². The second-order valence-corrected chi connectivity index (χ2v) is 5.74. The number of aryl methyl sites for hydroxylation is 1. The summed E-state index contributed by atoms with van der Waals surface area (Å²) in [6, 6.07) is 16.8. The number of hydrogen-bond acceptors (Lipinski definition) is 2. The minimum atomic E-state index is 0. The van der Waals surface area contributed by atoms with Crippen molar-refractivity contribution in [2.45, 2.75) is 33.5 Å². The Morgan fingerprint density at radius 3 is 2.32 bits per heavy atom. The molecule has 5 heteroatoms. The summed E-state index contributed by atoms with van der Waals surface area (Å²) in [5, 5.41) is 6.69. The van der Waals surface area contributed by atoms with Crippen LogP contribution in [0.3, 0.4) is 0 Å². The minimum absolute atomic E-state index is 0. The maximum atomic E-state index is 5.26. The monoisotopic (exact) mass is 453 g/mol. The first-order chi connectivity index (χ1) is 11.7. The fourth-order valence-electron chi connectivity index (χ4n) is 2.41. The lowest BCUT2D eigenvalue weighted by atomic mass is 10.1. The van der Waals surface area contributed by atoms with E-state index in [-0.39, 0.29) is 24.0 Å². The lowest BCUT2D eigenvalue weighted by Gasteiger charge is -2.14. The second kappa shape index (κ2) is 11.9. The van der Waals surface area contributed by atoms with Gasteiger partial charge in [-0.25, -0.2) is 4.99 Å². The van der Waals surface area contributed by atoms with E-state index in [0.717, 1.165) is 19.0 Å². The van der Waals surface area contributed by atoms with Crippen LogP contribution in [0, 0.1) is 6.92 Å². The van der Waals surface area contributed by atoms with Gasteiger partial charge in [0, 0.05) is 20.2 Å². The summed E-state index contributed by atoms with van der Waals surface area (Å²) in [4.78, 5) is 4.67. The quantitative estimate of drug-likeness (QED) is 0.378. The largest absolute Gasteiger partial charge is 0.380 e. The molecule has 0 aliphatic carbocycles. The average molecular weight is 453 g/mol. The summed E-state index contributed by atoms with van der Waals surface area (Å²) in [5.41, 5.74) is 4.89. The highest BCUT2D eigenvalue weighted by atomic mass is 127. The maximum Gasteiger partial charge on any atom is 0.191 e. The number of benzene rings is 2. The van der Waals surface area contributed by atoms with E-state index in [2.05, 4.69) is 65.9 Å². The van der Waals surface area contributed by atoms with Crippen LogP contribution < -0.4 is 10.6 Å². The summed E-state index contributed by atoms with van der Waals surface area (Å²) in [7, 11) is 1.72. The Balaban J connectivity index is 0.00000312. The normalized spacial score (nSPS) is 10.9. The first kappa shape index (κ1) is 21.4. The number of rotatable bonds is 7. The van der Waals surface area contributed by atoms with E-state index in [1.807, 2.05) is 12.1 Å². The maximum absolute atomic E-state index is 5.26. The molecule has 25 heavy (non-hydrogen) atoms. The zero-order valence-corrected chi connectivity index (χ0v) is 17.5. The van der Waals surface area contributed by atoms with Crippen molar-refractivity contribution in [2.75, 3.05) is 13.7 Å². The van der Waals surface area contributed by atoms with Crippen LogP contribution in [0.15, 0.2) is 53.5 Å². The van der Waals surface area contributed by atoms with E-state index >= 15 is 0 Å². The minimum Gasteiger partial charge on any atom is -0.380 e. The number of hydrogen-bond donors (Lipinski definition) is 2. The number of aliphatic imine (C=N–C) groups is 1. The van der Waals surface area contributed by atoms with Crippen LogP contribution in [0.4, 0.5) is 0 Å². The van der Waals surface area contributed by atoms with Crippen molar-refractivity contribution in [1.82, 2.24) is 10.6 Å². The van der Waals surface area contributed by atoms with Gasteiger partial charge < -0.3 is 15.4 Å². The van der Waals surface area contributed by atoms with Crippen LogP contribution in [-0.2, 0) is 24.4 Å². The van der Waals surface area contributed by atoms with Crippen molar-refractivity contribution >= 4 is 29.9 Å². The van der Waals surface area contributed by atoms with Gasteiger partial charge in [-0.3, -0.25) is 0 Å². The van der Waals surface area contributed by atoms with Crippen LogP contribution in [0.25, 0.3) is 0 Å². The van der Waals surface area contributed by atoms with Crippen molar-refractivity contribution < 1.29 is 4.74 Å². The van der Waals surface area contributed by atoms with Crippen LogP contribution >= 0.6 is 24.0 Å². The molecule has 0 spiro atoms. The molecule has 0 atom stereocenters. The third kappa shape index (κ3) is 7.44. The third-order valence-electron chi connectivity index (χ3n) is 3.75. The Bertz CT molecular complexity index is 656. The van der Waals surface area contributed by atoms with E-state index in [1.165, 1.54) is 22.3 Å². The van der Waals surface area contributed by atoms with Crippen LogP contribution in [0.1, 0.15) is 29.2 Å². The summed E-state index contributed by atoms with van der Waals surface area (Å²) in [6.07, 6.45) is 0. The summed E-state index contributed by atoms with van der Waals surface area (Å²) < 4.78 is 5.26. The Kier molecular flexibility index (Phi) is 10.2. The Hall–Kier alpha value is -1.60. The molecule has 0 radical (unpaired) electrons. The van der Waals surface area contributed by atoms with E-state index in [9.17, 15) is 0 Å². The average Bonchev–Trinajstić information content (AvgIpc) is 2.60. The van der Waals surface area contributed by atoms with E-state index in [1.54, 1.807) is 7.11 Å². The van der Waals surface area contributed by atoms with Crippen LogP contribution in [0.5, 0.6) is 0 Å². The van der Waals surface area contributed by atoms with Crippen molar-refractivity contribution in [3.8, 4) is 0 Å². The van der Waals surface area contributed by atoms with Gasteiger partial charge in [0.2, 0.25) is 0 Å². The molecule has 0 aliphatic rings. The molecule has 136 valence electrons. The van der Waals surface area contributed by atoms with Crippen LogP contribution in [-0.4, -0.2) is 19.6 Å². The molecule has 0 unspecified atom stereocenters. The zero-order valence-electron chi connectivity index (χ0n) is 15.2. The molecule has 0 saturated heterocycles. The fourth-order valence-corrected chi connectivity index (χ4v) is 2.41. The van der Waals surface area contributed by atoms with Crippen LogP contribution in [0.2, 0.25) is 0 Å². The molecule has 0 fully saturated rings. The van der Waals surface area contributed by atoms with Gasteiger partial charge in [0.05, 0.1) is 13.2 Å². The van der Waals surface area contributed by atoms with Gasteiger partial charge in [-0.05, 0) is 30.5 Å². The molecule has 2 aromatic carbocycles. The molecule has 0 amide bonds.